The van der Waals surface area contributed by atoms with Gasteiger partial charge in [0, 0.05) is 6.21 Å². The van der Waals surface area contributed by atoms with E-state index in [1.54, 1.807) is 24.3 Å². The Morgan fingerprint density at radius 2 is 1.85 bits per heavy atom. The van der Waals surface area contributed by atoms with Crippen LogP contribution in [-0.2, 0) is 10.0 Å². The van der Waals surface area contributed by atoms with Crippen LogP contribution < -0.4 is 4.74 Å². The molecule has 0 atom stereocenters. The molecule has 0 saturated heterocycles. The van der Waals surface area contributed by atoms with Crippen molar-refractivity contribution in [3.63, 3.8) is 0 Å². The smallest absolute Gasteiger partial charge is 0.282 e. The summed E-state index contributed by atoms with van der Waals surface area (Å²) in [5, 5.41) is 9.45. The maximum Gasteiger partial charge on any atom is 0.282 e. The van der Waals surface area contributed by atoms with Gasteiger partial charge in [-0.3, -0.25) is 0 Å². The van der Waals surface area contributed by atoms with E-state index in [-0.39, 0.29) is 16.4 Å². The lowest BCUT2D eigenvalue weighted by Gasteiger charge is -2.03. The third-order valence-corrected chi connectivity index (χ3v) is 3.84. The molecule has 0 unspecified atom stereocenters. The largest absolute Gasteiger partial charge is 0.504 e. The lowest BCUT2D eigenvalue weighted by Crippen LogP contribution is -1.97. The van der Waals surface area contributed by atoms with Crippen LogP contribution in [0.2, 0.25) is 0 Å². The molecule has 104 valence electrons. The highest BCUT2D eigenvalue weighted by molar-refractivity contribution is 7.90. The average molecular weight is 291 g/mol. The molecule has 0 heterocycles. The van der Waals surface area contributed by atoms with E-state index in [4.69, 9.17) is 4.74 Å². The number of phenolic OH excluding ortho intramolecular Hbond substituents is 1. The van der Waals surface area contributed by atoms with Gasteiger partial charge in [-0.2, -0.15) is 12.8 Å². The van der Waals surface area contributed by atoms with Gasteiger partial charge >= 0.3 is 0 Å². The Hall–Kier alpha value is -2.34. The highest BCUT2D eigenvalue weighted by Crippen LogP contribution is 2.25. The van der Waals surface area contributed by atoms with E-state index in [2.05, 4.69) is 4.40 Å². The van der Waals surface area contributed by atoms with E-state index in [0.717, 1.165) is 0 Å². The Morgan fingerprint density at radius 1 is 1.15 bits per heavy atom. The van der Waals surface area contributed by atoms with Crippen LogP contribution >= 0.6 is 0 Å². The Morgan fingerprint density at radius 3 is 2.50 bits per heavy atom. The van der Waals surface area contributed by atoms with Crippen LogP contribution in [0.5, 0.6) is 11.5 Å². The van der Waals surface area contributed by atoms with Crippen LogP contribution in [0.3, 0.4) is 0 Å². The summed E-state index contributed by atoms with van der Waals surface area (Å²) < 4.78 is 32.4. The van der Waals surface area contributed by atoms with E-state index in [1.807, 2.05) is 0 Å². The molecule has 0 radical (unpaired) electrons. The van der Waals surface area contributed by atoms with Gasteiger partial charge in [0.1, 0.15) is 0 Å². The fourth-order valence-electron chi connectivity index (χ4n) is 1.56. The minimum absolute atomic E-state index is 0.0180. The standard InChI is InChI=1S/C14H13NO4S/c1-19-14-9-11(7-8-13(14)16)10-15-20(17,18)12-5-3-2-4-6-12/h2-10,16H,1H3. The summed E-state index contributed by atoms with van der Waals surface area (Å²) in [4.78, 5) is 0.127. The molecular formula is C14H13NO4S. The predicted octanol–water partition coefficient (Wildman–Crippen LogP) is 2.21. The molecule has 0 amide bonds. The molecule has 6 heteroatoms. The number of ether oxygens (including phenoxy) is 1. The molecule has 0 aliphatic rings. The molecule has 0 fully saturated rings. The molecule has 0 bridgehead atoms. The molecule has 0 saturated carbocycles. The van der Waals surface area contributed by atoms with Crippen LogP contribution in [0.25, 0.3) is 0 Å². The number of aromatic hydroxyl groups is 1. The summed E-state index contributed by atoms with van der Waals surface area (Å²) in [5.74, 6) is 0.238. The van der Waals surface area contributed by atoms with Crippen molar-refractivity contribution in [2.24, 2.45) is 4.40 Å². The second kappa shape index (κ2) is 5.75. The Kier molecular flexibility index (Phi) is 4.05. The second-order valence-corrected chi connectivity index (χ2v) is 5.59. The number of rotatable bonds is 4. The topological polar surface area (TPSA) is 76.0 Å². The third-order valence-electron chi connectivity index (χ3n) is 2.59. The van der Waals surface area contributed by atoms with E-state index in [1.165, 1.54) is 37.6 Å². The molecule has 0 aromatic heterocycles. The molecule has 20 heavy (non-hydrogen) atoms. The SMILES string of the molecule is COc1cc(C=NS(=O)(=O)c2ccccc2)ccc1O. The van der Waals surface area contributed by atoms with Gasteiger partial charge in [-0.15, -0.1) is 0 Å². The van der Waals surface area contributed by atoms with Gasteiger partial charge < -0.3 is 9.84 Å². The van der Waals surface area contributed by atoms with Crippen LogP contribution in [0, 0.1) is 0 Å². The highest BCUT2D eigenvalue weighted by Gasteiger charge is 2.10. The number of benzene rings is 2. The van der Waals surface area contributed by atoms with E-state index in [9.17, 15) is 13.5 Å². The van der Waals surface area contributed by atoms with Gasteiger partial charge in [0.2, 0.25) is 0 Å². The number of phenols is 1. The molecule has 1 N–H and O–H groups in total. The van der Waals surface area contributed by atoms with Crippen molar-refractivity contribution in [2.75, 3.05) is 7.11 Å². The summed E-state index contributed by atoms with van der Waals surface area (Å²) in [6.45, 7) is 0. The number of sulfonamides is 1. The van der Waals surface area contributed by atoms with Crippen molar-refractivity contribution in [3.05, 3.63) is 54.1 Å². The lowest BCUT2D eigenvalue weighted by atomic mass is 10.2. The Balaban J connectivity index is 2.30. The van der Waals surface area contributed by atoms with Gasteiger partial charge in [-0.25, -0.2) is 0 Å². The normalized spacial score (nSPS) is 11.7. The lowest BCUT2D eigenvalue weighted by molar-refractivity contribution is 0.373. The van der Waals surface area contributed by atoms with E-state index >= 15 is 0 Å². The van der Waals surface area contributed by atoms with Crippen LogP contribution in [0.4, 0.5) is 0 Å². The first kappa shape index (κ1) is 14.1. The monoisotopic (exact) mass is 291 g/mol. The fourth-order valence-corrected chi connectivity index (χ4v) is 2.44. The summed E-state index contributed by atoms with van der Waals surface area (Å²) in [5.41, 5.74) is 0.513. The van der Waals surface area contributed by atoms with Crippen molar-refractivity contribution in [1.29, 1.82) is 0 Å². The van der Waals surface area contributed by atoms with Gasteiger partial charge in [-0.05, 0) is 35.9 Å². The molecule has 2 aromatic rings. The molecule has 0 spiro atoms. The van der Waals surface area contributed by atoms with Crippen LogP contribution in [0.15, 0.2) is 57.8 Å². The van der Waals surface area contributed by atoms with Gasteiger partial charge in [-0.1, -0.05) is 18.2 Å². The Bertz CT molecular complexity index is 724. The number of hydrogen-bond acceptors (Lipinski definition) is 4. The number of methoxy groups -OCH3 is 1. The Labute approximate surface area is 117 Å². The van der Waals surface area contributed by atoms with Gasteiger partial charge in [0.25, 0.3) is 10.0 Å². The fraction of sp³-hybridized carbons (Fsp3) is 0.0714. The maximum atomic E-state index is 11.9. The van der Waals surface area contributed by atoms with Gasteiger partial charge in [0.15, 0.2) is 11.5 Å². The van der Waals surface area contributed by atoms with Crippen LogP contribution in [-0.4, -0.2) is 26.8 Å². The van der Waals surface area contributed by atoms with Crippen molar-refractivity contribution < 1.29 is 18.3 Å². The quantitative estimate of drug-likeness (QED) is 0.876. The first-order valence-electron chi connectivity index (χ1n) is 5.75. The minimum Gasteiger partial charge on any atom is -0.504 e. The summed E-state index contributed by atoms with van der Waals surface area (Å²) in [6.07, 6.45) is 1.21. The maximum absolute atomic E-state index is 11.9. The van der Waals surface area contributed by atoms with Crippen molar-refractivity contribution in [3.8, 4) is 11.5 Å². The zero-order valence-electron chi connectivity index (χ0n) is 10.7. The average Bonchev–Trinajstić information content (AvgIpc) is 2.47. The molecule has 2 aromatic carbocycles. The first-order chi connectivity index (χ1) is 9.53. The number of nitrogens with zero attached hydrogens (tertiary/aromatic N) is 1. The predicted molar refractivity (Wildman–Crippen MR) is 75.9 cm³/mol. The molecular weight excluding hydrogens is 278 g/mol. The van der Waals surface area contributed by atoms with Crippen molar-refractivity contribution >= 4 is 16.2 Å². The molecule has 2 rings (SSSR count). The van der Waals surface area contributed by atoms with Gasteiger partial charge in [0.05, 0.1) is 12.0 Å². The molecule has 0 aliphatic carbocycles. The second-order valence-electron chi connectivity index (χ2n) is 3.95. The molecule has 0 aliphatic heterocycles. The highest BCUT2D eigenvalue weighted by atomic mass is 32.2. The van der Waals surface area contributed by atoms with E-state index in [0.29, 0.717) is 5.56 Å². The van der Waals surface area contributed by atoms with E-state index < -0.39 is 10.0 Å². The first-order valence-corrected chi connectivity index (χ1v) is 7.19. The van der Waals surface area contributed by atoms with Crippen molar-refractivity contribution in [1.82, 2.24) is 0 Å². The number of hydrogen-bond donors (Lipinski definition) is 1. The molecule has 5 nitrogen and oxygen atoms in total. The van der Waals surface area contributed by atoms with Crippen LogP contribution in [0.1, 0.15) is 5.56 Å². The van der Waals surface area contributed by atoms with Crippen molar-refractivity contribution in [2.45, 2.75) is 4.90 Å². The zero-order valence-corrected chi connectivity index (χ0v) is 11.5. The summed E-state index contributed by atoms with van der Waals surface area (Å²) in [7, 11) is -2.31. The zero-order chi connectivity index (χ0) is 14.6. The summed E-state index contributed by atoms with van der Waals surface area (Å²) >= 11 is 0. The third kappa shape index (κ3) is 3.16. The minimum atomic E-state index is -3.72. The summed E-state index contributed by atoms with van der Waals surface area (Å²) in [6, 6.07) is 12.4.